The minimum Gasteiger partial charge on any atom is -0.310 e. The molecular formula is C53H35N. The Morgan fingerprint density at radius 2 is 0.778 bits per heavy atom. The van der Waals surface area contributed by atoms with Crippen molar-refractivity contribution in [3.63, 3.8) is 0 Å². The lowest BCUT2D eigenvalue weighted by molar-refractivity contribution is 0.793. The summed E-state index contributed by atoms with van der Waals surface area (Å²) >= 11 is 0. The van der Waals surface area contributed by atoms with Gasteiger partial charge >= 0.3 is 0 Å². The molecule has 54 heavy (non-hydrogen) atoms. The van der Waals surface area contributed by atoms with Crippen LogP contribution in [0.25, 0.3) is 55.3 Å². The van der Waals surface area contributed by atoms with Gasteiger partial charge in [-0.2, -0.15) is 0 Å². The van der Waals surface area contributed by atoms with E-state index in [0.29, 0.717) is 0 Å². The van der Waals surface area contributed by atoms with Gasteiger partial charge in [-0.15, -0.1) is 0 Å². The second-order valence-corrected chi connectivity index (χ2v) is 14.4. The lowest BCUT2D eigenvalue weighted by Crippen LogP contribution is -2.26. The molecule has 0 saturated heterocycles. The lowest BCUT2D eigenvalue weighted by Gasteiger charge is -2.32. The second kappa shape index (κ2) is 12.0. The predicted octanol–water partition coefficient (Wildman–Crippen LogP) is 14.0. The Hall–Kier alpha value is -6.96. The van der Waals surface area contributed by atoms with E-state index >= 15 is 0 Å². The normalized spacial score (nSPS) is 13.0. The van der Waals surface area contributed by atoms with Crippen LogP contribution in [0.2, 0.25) is 0 Å². The third-order valence-electron chi connectivity index (χ3n) is 11.7. The van der Waals surface area contributed by atoms with Gasteiger partial charge in [0.05, 0.1) is 5.41 Å². The van der Waals surface area contributed by atoms with Crippen molar-refractivity contribution in [3.8, 4) is 44.5 Å². The second-order valence-electron chi connectivity index (χ2n) is 14.4. The average Bonchev–Trinajstić information content (AvgIpc) is 3.71. The molecule has 0 unspecified atom stereocenters. The maximum absolute atomic E-state index is 2.46. The van der Waals surface area contributed by atoms with Crippen molar-refractivity contribution in [2.24, 2.45) is 0 Å². The summed E-state index contributed by atoms with van der Waals surface area (Å²) in [5.41, 5.74) is 18.6. The van der Waals surface area contributed by atoms with Gasteiger partial charge in [0.15, 0.2) is 0 Å². The molecule has 0 N–H and O–H groups in total. The van der Waals surface area contributed by atoms with E-state index in [0.717, 1.165) is 17.1 Å². The summed E-state index contributed by atoms with van der Waals surface area (Å²) < 4.78 is 0. The highest BCUT2D eigenvalue weighted by Crippen LogP contribution is 2.63. The maximum Gasteiger partial charge on any atom is 0.0726 e. The highest BCUT2D eigenvalue weighted by molar-refractivity contribution is 6.00. The molecule has 0 aliphatic heterocycles. The van der Waals surface area contributed by atoms with E-state index in [4.69, 9.17) is 0 Å². The van der Waals surface area contributed by atoms with E-state index in [9.17, 15) is 0 Å². The molecule has 11 rings (SSSR count). The Morgan fingerprint density at radius 1 is 0.278 bits per heavy atom. The summed E-state index contributed by atoms with van der Waals surface area (Å²) in [7, 11) is 0. The largest absolute Gasteiger partial charge is 0.310 e. The van der Waals surface area contributed by atoms with Gasteiger partial charge in [-0.3, -0.25) is 0 Å². The minimum absolute atomic E-state index is 0.393. The first-order valence-electron chi connectivity index (χ1n) is 18.8. The topological polar surface area (TPSA) is 3.24 Å². The van der Waals surface area contributed by atoms with Crippen LogP contribution in [0.15, 0.2) is 212 Å². The molecule has 0 radical (unpaired) electrons. The molecule has 0 saturated carbocycles. The number of para-hydroxylation sites is 1. The first kappa shape index (κ1) is 30.6. The molecule has 0 aromatic heterocycles. The number of nitrogens with zero attached hydrogens (tertiary/aromatic N) is 1. The zero-order valence-electron chi connectivity index (χ0n) is 29.7. The number of benzene rings is 9. The number of hydrogen-bond donors (Lipinski definition) is 0. The van der Waals surface area contributed by atoms with Gasteiger partial charge in [-0.05, 0) is 120 Å². The van der Waals surface area contributed by atoms with Crippen LogP contribution < -0.4 is 4.90 Å². The van der Waals surface area contributed by atoms with Gasteiger partial charge in [0, 0.05) is 17.1 Å². The van der Waals surface area contributed by atoms with Crippen LogP contribution in [0.3, 0.4) is 0 Å². The lowest BCUT2D eigenvalue weighted by atomic mass is 9.70. The maximum atomic E-state index is 2.46. The Balaban J connectivity index is 1.06. The fourth-order valence-corrected chi connectivity index (χ4v) is 9.38. The zero-order valence-corrected chi connectivity index (χ0v) is 29.7. The molecule has 0 fully saturated rings. The Labute approximate surface area is 316 Å². The quantitative estimate of drug-likeness (QED) is 0.174. The predicted molar refractivity (Wildman–Crippen MR) is 226 cm³/mol. The number of hydrogen-bond acceptors (Lipinski definition) is 1. The number of fused-ring (bicyclic) bond motifs is 11. The standard InChI is InChI=1S/C53H35N/c1-3-14-36(15-4-1)38-28-32-44-39(34-38)16-13-22-43(44)37-26-29-41(30-27-37)54(40-17-5-2-6-18-40)42-31-33-48-47-21-9-12-25-51(47)53(52(48)35-42)49-23-10-7-19-45(49)46-20-8-11-24-50(46)53/h1-35H. The summed E-state index contributed by atoms with van der Waals surface area (Å²) in [6, 6.07) is 78.1. The fraction of sp³-hybridized carbons (Fsp3) is 0.0189. The Kier molecular flexibility index (Phi) is 6.84. The molecule has 0 atom stereocenters. The van der Waals surface area contributed by atoms with Gasteiger partial charge in [0.1, 0.15) is 0 Å². The molecule has 2 aliphatic rings. The van der Waals surface area contributed by atoms with Crippen LogP contribution in [0, 0.1) is 0 Å². The van der Waals surface area contributed by atoms with Crippen LogP contribution in [-0.2, 0) is 5.41 Å². The van der Waals surface area contributed by atoms with E-state index in [1.165, 1.54) is 77.5 Å². The van der Waals surface area contributed by atoms with Crippen molar-refractivity contribution < 1.29 is 0 Å². The van der Waals surface area contributed by atoms with Crippen molar-refractivity contribution in [1.82, 2.24) is 0 Å². The van der Waals surface area contributed by atoms with E-state index in [1.54, 1.807) is 0 Å². The minimum atomic E-state index is -0.393. The summed E-state index contributed by atoms with van der Waals surface area (Å²) in [5.74, 6) is 0. The van der Waals surface area contributed by atoms with Crippen LogP contribution in [-0.4, -0.2) is 0 Å². The van der Waals surface area contributed by atoms with E-state index in [1.807, 2.05) is 0 Å². The Morgan fingerprint density at radius 3 is 1.43 bits per heavy atom. The molecule has 1 nitrogen and oxygen atoms in total. The summed E-state index contributed by atoms with van der Waals surface area (Å²) in [6.45, 7) is 0. The number of rotatable bonds is 5. The average molecular weight is 686 g/mol. The molecule has 9 aromatic carbocycles. The number of anilines is 3. The zero-order chi connectivity index (χ0) is 35.6. The van der Waals surface area contributed by atoms with Crippen molar-refractivity contribution in [2.45, 2.75) is 5.41 Å². The molecule has 0 amide bonds. The van der Waals surface area contributed by atoms with Crippen LogP contribution in [0.5, 0.6) is 0 Å². The van der Waals surface area contributed by atoms with Gasteiger partial charge in [0.25, 0.3) is 0 Å². The van der Waals surface area contributed by atoms with Crippen LogP contribution in [0.4, 0.5) is 17.1 Å². The van der Waals surface area contributed by atoms with E-state index in [2.05, 4.69) is 217 Å². The van der Waals surface area contributed by atoms with Gasteiger partial charge < -0.3 is 4.90 Å². The van der Waals surface area contributed by atoms with Gasteiger partial charge in [-0.1, -0.05) is 170 Å². The first-order valence-corrected chi connectivity index (χ1v) is 18.8. The first-order chi connectivity index (χ1) is 26.8. The summed E-state index contributed by atoms with van der Waals surface area (Å²) in [4.78, 5) is 2.41. The van der Waals surface area contributed by atoms with Crippen molar-refractivity contribution in [3.05, 3.63) is 235 Å². The van der Waals surface area contributed by atoms with Crippen molar-refractivity contribution >= 4 is 27.8 Å². The SMILES string of the molecule is c1ccc(-c2ccc3c(-c4ccc(N(c5ccccc5)c5ccc6c(c5)C5(c7ccccc7-c7ccccc75)c5ccccc5-6)cc4)cccc3c2)cc1. The molecule has 252 valence electrons. The van der Waals surface area contributed by atoms with E-state index in [-0.39, 0.29) is 0 Å². The van der Waals surface area contributed by atoms with Gasteiger partial charge in [0.2, 0.25) is 0 Å². The fourth-order valence-electron chi connectivity index (χ4n) is 9.38. The summed E-state index contributed by atoms with van der Waals surface area (Å²) in [5, 5.41) is 2.50. The molecule has 9 aromatic rings. The third-order valence-corrected chi connectivity index (χ3v) is 11.7. The van der Waals surface area contributed by atoms with Gasteiger partial charge in [-0.25, -0.2) is 0 Å². The molecule has 0 bridgehead atoms. The highest BCUT2D eigenvalue weighted by Gasteiger charge is 2.51. The molecule has 1 heteroatoms. The molecule has 1 spiro atoms. The smallest absolute Gasteiger partial charge is 0.0726 e. The highest BCUT2D eigenvalue weighted by atomic mass is 15.1. The summed E-state index contributed by atoms with van der Waals surface area (Å²) in [6.07, 6.45) is 0. The van der Waals surface area contributed by atoms with Crippen LogP contribution in [0.1, 0.15) is 22.3 Å². The van der Waals surface area contributed by atoms with E-state index < -0.39 is 5.41 Å². The monoisotopic (exact) mass is 685 g/mol. The Bertz CT molecular complexity index is 2810. The van der Waals surface area contributed by atoms with Crippen LogP contribution >= 0.6 is 0 Å². The molecular weight excluding hydrogens is 651 g/mol. The third kappa shape index (κ3) is 4.45. The van der Waals surface area contributed by atoms with Crippen molar-refractivity contribution in [1.29, 1.82) is 0 Å². The molecule has 0 heterocycles. The molecule has 2 aliphatic carbocycles. The van der Waals surface area contributed by atoms with Crippen molar-refractivity contribution in [2.75, 3.05) is 4.90 Å².